The van der Waals surface area contributed by atoms with Crippen molar-refractivity contribution in [2.45, 2.75) is 45.6 Å². The van der Waals surface area contributed by atoms with Gasteiger partial charge in [0.1, 0.15) is 15.4 Å². The van der Waals surface area contributed by atoms with Crippen LogP contribution in [-0.2, 0) is 14.6 Å². The van der Waals surface area contributed by atoms with E-state index in [1.807, 2.05) is 20.8 Å². The number of hydrogen-bond donors (Lipinski definition) is 1. The topological polar surface area (TPSA) is 75.7 Å². The van der Waals surface area contributed by atoms with E-state index in [1.165, 1.54) is 6.26 Å². The van der Waals surface area contributed by atoms with E-state index in [4.69, 9.17) is 4.74 Å². The summed E-state index contributed by atoms with van der Waals surface area (Å²) in [7, 11) is -2.88. The molecule has 22 heavy (non-hydrogen) atoms. The molecule has 1 saturated heterocycles. The highest BCUT2D eigenvalue weighted by molar-refractivity contribution is 7.90. The fourth-order valence-electron chi connectivity index (χ4n) is 2.61. The maximum Gasteiger partial charge on any atom is 0.407 e. The summed E-state index contributed by atoms with van der Waals surface area (Å²) >= 11 is 0. The third kappa shape index (κ3) is 9.25. The number of carbonyl (C=O) groups excluding carboxylic acids is 1. The van der Waals surface area contributed by atoms with E-state index >= 15 is 0 Å². The number of likely N-dealkylation sites (tertiary alicyclic amines) is 1. The van der Waals surface area contributed by atoms with Gasteiger partial charge >= 0.3 is 6.09 Å². The Kier molecular flexibility index (Phi) is 7.12. The molecule has 0 bridgehead atoms. The quantitative estimate of drug-likeness (QED) is 0.799. The Morgan fingerprint density at radius 2 is 2.05 bits per heavy atom. The second-order valence-electron chi connectivity index (χ2n) is 7.18. The molecule has 0 spiro atoms. The van der Waals surface area contributed by atoms with Gasteiger partial charge in [0.2, 0.25) is 0 Å². The van der Waals surface area contributed by atoms with Crippen LogP contribution < -0.4 is 5.32 Å². The Labute approximate surface area is 134 Å². The second-order valence-corrected chi connectivity index (χ2v) is 9.43. The van der Waals surface area contributed by atoms with Crippen molar-refractivity contribution in [2.75, 3.05) is 38.2 Å². The highest BCUT2D eigenvalue weighted by Crippen LogP contribution is 2.16. The van der Waals surface area contributed by atoms with Crippen molar-refractivity contribution in [3.63, 3.8) is 0 Å². The van der Waals surface area contributed by atoms with E-state index in [9.17, 15) is 13.2 Å². The average Bonchev–Trinajstić information content (AvgIpc) is 2.33. The van der Waals surface area contributed by atoms with Crippen molar-refractivity contribution in [3.8, 4) is 0 Å². The number of sulfone groups is 1. The third-order valence-corrected chi connectivity index (χ3v) is 4.56. The third-order valence-electron chi connectivity index (χ3n) is 3.53. The minimum atomic E-state index is -2.88. The lowest BCUT2D eigenvalue weighted by Gasteiger charge is -2.33. The van der Waals surface area contributed by atoms with Crippen LogP contribution in [0.4, 0.5) is 4.79 Å². The maximum absolute atomic E-state index is 11.7. The van der Waals surface area contributed by atoms with Gasteiger partial charge in [-0.05, 0) is 59.0 Å². The van der Waals surface area contributed by atoms with Crippen LogP contribution in [0, 0.1) is 5.92 Å². The zero-order valence-electron chi connectivity index (χ0n) is 14.2. The van der Waals surface area contributed by atoms with Gasteiger partial charge in [-0.15, -0.1) is 0 Å². The summed E-state index contributed by atoms with van der Waals surface area (Å²) in [6.45, 7) is 8.85. The van der Waals surface area contributed by atoms with Gasteiger partial charge in [-0.25, -0.2) is 13.2 Å². The molecular weight excluding hydrogens is 304 g/mol. The predicted molar refractivity (Wildman–Crippen MR) is 87.7 cm³/mol. The highest BCUT2D eigenvalue weighted by atomic mass is 32.2. The molecule has 1 fully saturated rings. The van der Waals surface area contributed by atoms with Gasteiger partial charge in [0, 0.05) is 19.3 Å². The van der Waals surface area contributed by atoms with Crippen LogP contribution in [0.1, 0.15) is 40.0 Å². The molecule has 130 valence electrons. The molecule has 0 aromatic carbocycles. The number of piperidine rings is 1. The molecule has 0 saturated carbocycles. The first kappa shape index (κ1) is 19.2. The number of ether oxygens (including phenoxy) is 1. The zero-order valence-corrected chi connectivity index (χ0v) is 15.0. The summed E-state index contributed by atoms with van der Waals surface area (Å²) in [5, 5.41) is 2.83. The lowest BCUT2D eigenvalue weighted by molar-refractivity contribution is 0.0507. The van der Waals surface area contributed by atoms with Gasteiger partial charge < -0.3 is 15.0 Å². The monoisotopic (exact) mass is 334 g/mol. The number of alkyl carbamates (subject to hydrolysis) is 1. The van der Waals surface area contributed by atoms with E-state index < -0.39 is 15.4 Å². The Hall–Kier alpha value is -0.820. The van der Waals surface area contributed by atoms with E-state index in [0.29, 0.717) is 18.9 Å². The smallest absolute Gasteiger partial charge is 0.407 e. The molecule has 0 aliphatic carbocycles. The molecular formula is C15H30N2O4S. The number of nitrogens with zero attached hydrogens (tertiary/aromatic N) is 1. The largest absolute Gasteiger partial charge is 0.444 e. The molecule has 1 N–H and O–H groups in total. The minimum absolute atomic E-state index is 0.240. The molecule has 1 aliphatic rings. The van der Waals surface area contributed by atoms with Crippen LogP contribution in [0.3, 0.4) is 0 Å². The van der Waals surface area contributed by atoms with E-state index in [-0.39, 0.29) is 11.8 Å². The van der Waals surface area contributed by atoms with E-state index in [1.54, 1.807) is 0 Å². The lowest BCUT2D eigenvalue weighted by Crippen LogP contribution is -2.42. The lowest BCUT2D eigenvalue weighted by atomic mass is 9.98. The van der Waals surface area contributed by atoms with Gasteiger partial charge in [0.05, 0.1) is 5.75 Å². The first-order valence-electron chi connectivity index (χ1n) is 7.92. The van der Waals surface area contributed by atoms with Crippen LogP contribution in [0.2, 0.25) is 0 Å². The van der Waals surface area contributed by atoms with Crippen LogP contribution in [0.15, 0.2) is 0 Å². The average molecular weight is 334 g/mol. The molecule has 6 nitrogen and oxygen atoms in total. The van der Waals surface area contributed by atoms with E-state index in [2.05, 4.69) is 10.2 Å². The van der Waals surface area contributed by atoms with Crippen LogP contribution in [0.5, 0.6) is 0 Å². The van der Waals surface area contributed by atoms with Crippen molar-refractivity contribution in [1.29, 1.82) is 0 Å². The summed E-state index contributed by atoms with van der Waals surface area (Å²) in [5.41, 5.74) is -0.478. The highest BCUT2D eigenvalue weighted by Gasteiger charge is 2.22. The van der Waals surface area contributed by atoms with Crippen LogP contribution >= 0.6 is 0 Å². The molecule has 1 aliphatic heterocycles. The summed E-state index contributed by atoms with van der Waals surface area (Å²) < 4.78 is 27.5. The SMILES string of the molecule is CC(C)(C)OC(=O)NCC1CCCN(CCCS(C)(=O)=O)C1. The van der Waals surface area contributed by atoms with E-state index in [0.717, 1.165) is 32.5 Å². The maximum atomic E-state index is 11.7. The zero-order chi connectivity index (χ0) is 16.8. The van der Waals surface area contributed by atoms with Crippen molar-refractivity contribution in [2.24, 2.45) is 5.92 Å². The summed E-state index contributed by atoms with van der Waals surface area (Å²) in [6, 6.07) is 0. The number of rotatable bonds is 6. The molecule has 7 heteroatoms. The Bertz CT molecular complexity index is 457. The number of nitrogens with one attached hydrogen (secondary N) is 1. The van der Waals surface area contributed by atoms with Gasteiger partial charge in [-0.2, -0.15) is 0 Å². The van der Waals surface area contributed by atoms with Crippen molar-refractivity contribution >= 4 is 15.9 Å². The molecule has 1 atom stereocenters. The van der Waals surface area contributed by atoms with Crippen LogP contribution in [-0.4, -0.2) is 63.2 Å². The Balaban J connectivity index is 2.27. The summed E-state index contributed by atoms with van der Waals surface area (Å²) in [4.78, 5) is 13.9. The fraction of sp³-hybridized carbons (Fsp3) is 0.933. The molecule has 0 radical (unpaired) electrons. The van der Waals surface area contributed by atoms with Gasteiger partial charge in [-0.1, -0.05) is 0 Å². The molecule has 0 aromatic rings. The van der Waals surface area contributed by atoms with Crippen molar-refractivity contribution in [3.05, 3.63) is 0 Å². The molecule has 1 unspecified atom stereocenters. The summed E-state index contributed by atoms with van der Waals surface area (Å²) in [6.07, 6.45) is 3.74. The molecule has 1 amide bonds. The van der Waals surface area contributed by atoms with Crippen LogP contribution in [0.25, 0.3) is 0 Å². The van der Waals surface area contributed by atoms with Crippen molar-refractivity contribution in [1.82, 2.24) is 10.2 Å². The fourth-order valence-corrected chi connectivity index (χ4v) is 3.27. The first-order valence-corrected chi connectivity index (χ1v) is 9.98. The minimum Gasteiger partial charge on any atom is -0.444 e. The predicted octanol–water partition coefficient (Wildman–Crippen LogP) is 1.66. The van der Waals surface area contributed by atoms with Gasteiger partial charge in [0.25, 0.3) is 0 Å². The Morgan fingerprint density at radius 1 is 1.36 bits per heavy atom. The Morgan fingerprint density at radius 3 is 2.64 bits per heavy atom. The van der Waals surface area contributed by atoms with Gasteiger partial charge in [0.15, 0.2) is 0 Å². The number of amides is 1. The number of hydrogen-bond acceptors (Lipinski definition) is 5. The number of carbonyl (C=O) groups is 1. The summed E-state index contributed by atoms with van der Waals surface area (Å²) in [5.74, 6) is 0.643. The molecule has 1 rings (SSSR count). The molecule has 1 heterocycles. The van der Waals surface area contributed by atoms with Gasteiger partial charge in [-0.3, -0.25) is 0 Å². The van der Waals surface area contributed by atoms with Crippen molar-refractivity contribution < 1.29 is 17.9 Å². The first-order chi connectivity index (χ1) is 10.1. The molecule has 0 aromatic heterocycles. The second kappa shape index (κ2) is 8.15. The standard InChI is InChI=1S/C15H30N2O4S/c1-15(2,3)21-14(18)16-11-13-7-5-8-17(12-13)9-6-10-22(4,19)20/h13H,5-12H2,1-4H3,(H,16,18). The normalized spacial score (nSPS) is 20.6.